The van der Waals surface area contributed by atoms with Gasteiger partial charge in [-0.25, -0.2) is 4.98 Å². The van der Waals surface area contributed by atoms with E-state index in [9.17, 15) is 0 Å². The van der Waals surface area contributed by atoms with Crippen molar-refractivity contribution in [2.24, 2.45) is 11.8 Å². The average Bonchev–Trinajstić information content (AvgIpc) is 2.86. The topological polar surface area (TPSA) is 38.1 Å². The molecule has 1 aliphatic carbocycles. The van der Waals surface area contributed by atoms with Crippen LogP contribution in [0.2, 0.25) is 0 Å². The highest BCUT2D eigenvalue weighted by Gasteiger charge is 2.21. The van der Waals surface area contributed by atoms with E-state index >= 15 is 0 Å². The van der Waals surface area contributed by atoms with Gasteiger partial charge in [0.1, 0.15) is 11.4 Å². The van der Waals surface area contributed by atoms with Crippen LogP contribution in [0, 0.1) is 11.8 Å². The molecule has 96 valence electrons. The third kappa shape index (κ3) is 2.22. The Labute approximate surface area is 108 Å². The molecule has 18 heavy (non-hydrogen) atoms. The molecule has 0 spiro atoms. The summed E-state index contributed by atoms with van der Waals surface area (Å²) in [7, 11) is 0. The predicted octanol–water partition coefficient (Wildman–Crippen LogP) is 4.07. The third-order valence-corrected chi connectivity index (χ3v) is 4.20. The maximum Gasteiger partial charge on any atom is 0.139 e. The van der Waals surface area contributed by atoms with Crippen LogP contribution in [0.15, 0.2) is 29.0 Å². The maximum atomic E-state index is 5.39. The van der Waals surface area contributed by atoms with Crippen molar-refractivity contribution in [3.8, 4) is 0 Å². The molecule has 0 aromatic carbocycles. The Balaban J connectivity index is 1.71. The van der Waals surface area contributed by atoms with Crippen LogP contribution < -0.4 is 5.32 Å². The molecule has 2 unspecified atom stereocenters. The zero-order chi connectivity index (χ0) is 12.4. The van der Waals surface area contributed by atoms with Crippen LogP contribution in [0.5, 0.6) is 0 Å². The van der Waals surface area contributed by atoms with Crippen molar-refractivity contribution < 1.29 is 4.42 Å². The first-order valence-corrected chi connectivity index (χ1v) is 6.90. The van der Waals surface area contributed by atoms with Crippen molar-refractivity contribution in [1.82, 2.24) is 4.98 Å². The molecule has 3 heteroatoms. The number of hydrogen-bond donors (Lipinski definition) is 1. The molecule has 0 bridgehead atoms. The second-order valence-corrected chi connectivity index (χ2v) is 5.39. The van der Waals surface area contributed by atoms with Crippen LogP contribution in [0.4, 0.5) is 5.82 Å². The molecule has 1 fully saturated rings. The normalized spacial score (nSPS) is 24.3. The lowest BCUT2D eigenvalue weighted by Gasteiger charge is -2.29. The summed E-state index contributed by atoms with van der Waals surface area (Å²) in [4.78, 5) is 4.42. The molecule has 0 amide bonds. The monoisotopic (exact) mass is 244 g/mol. The van der Waals surface area contributed by atoms with Gasteiger partial charge in [-0.05, 0) is 30.4 Å². The number of hydrogen-bond acceptors (Lipinski definition) is 3. The van der Waals surface area contributed by atoms with E-state index in [0.717, 1.165) is 35.2 Å². The molecule has 1 saturated carbocycles. The fourth-order valence-corrected chi connectivity index (χ4v) is 2.96. The lowest BCUT2D eigenvalue weighted by molar-refractivity contribution is 0.268. The predicted molar refractivity (Wildman–Crippen MR) is 73.6 cm³/mol. The van der Waals surface area contributed by atoms with E-state index in [1.54, 1.807) is 12.5 Å². The lowest BCUT2D eigenvalue weighted by atomic mass is 9.80. The van der Waals surface area contributed by atoms with Crippen LogP contribution in [-0.4, -0.2) is 11.5 Å². The van der Waals surface area contributed by atoms with Crippen LogP contribution in [0.3, 0.4) is 0 Å². The van der Waals surface area contributed by atoms with Gasteiger partial charge in [0.2, 0.25) is 0 Å². The van der Waals surface area contributed by atoms with Gasteiger partial charge in [-0.3, -0.25) is 0 Å². The molecule has 2 aromatic rings. The standard InChI is InChI=1S/C15H20N2O/c1-11-4-2-3-5-12(11)10-17-15-13-7-9-18-14(13)6-8-16-15/h6-9,11-12H,2-5,10H2,1H3,(H,16,17). The van der Waals surface area contributed by atoms with E-state index in [0.29, 0.717) is 0 Å². The maximum absolute atomic E-state index is 5.39. The minimum atomic E-state index is 0.780. The Hall–Kier alpha value is -1.51. The summed E-state index contributed by atoms with van der Waals surface area (Å²) in [6, 6.07) is 3.89. The third-order valence-electron chi connectivity index (χ3n) is 4.20. The van der Waals surface area contributed by atoms with Crippen molar-refractivity contribution in [2.45, 2.75) is 32.6 Å². The first kappa shape index (κ1) is 11.6. The summed E-state index contributed by atoms with van der Waals surface area (Å²) in [5.41, 5.74) is 0.907. The number of pyridine rings is 1. The molecular formula is C15H20N2O. The lowest BCUT2D eigenvalue weighted by Crippen LogP contribution is -2.24. The Morgan fingerprint density at radius 1 is 1.33 bits per heavy atom. The number of rotatable bonds is 3. The van der Waals surface area contributed by atoms with E-state index < -0.39 is 0 Å². The SMILES string of the molecule is CC1CCCCC1CNc1nccc2occc12. The van der Waals surface area contributed by atoms with Gasteiger partial charge in [0.05, 0.1) is 11.6 Å². The molecule has 0 radical (unpaired) electrons. The van der Waals surface area contributed by atoms with E-state index in [-0.39, 0.29) is 0 Å². The van der Waals surface area contributed by atoms with Crippen molar-refractivity contribution in [1.29, 1.82) is 0 Å². The summed E-state index contributed by atoms with van der Waals surface area (Å²) >= 11 is 0. The average molecular weight is 244 g/mol. The van der Waals surface area contributed by atoms with Crippen molar-refractivity contribution >= 4 is 16.8 Å². The van der Waals surface area contributed by atoms with Gasteiger partial charge in [0.25, 0.3) is 0 Å². The molecule has 0 aliphatic heterocycles. The summed E-state index contributed by atoms with van der Waals surface area (Å²) in [5, 5.41) is 4.59. The number of aromatic nitrogens is 1. The van der Waals surface area contributed by atoms with Crippen LogP contribution in [0.25, 0.3) is 11.0 Å². The molecule has 2 atom stereocenters. The summed E-state index contributed by atoms with van der Waals surface area (Å²) in [5.74, 6) is 2.57. The minimum absolute atomic E-state index is 0.780. The van der Waals surface area contributed by atoms with E-state index in [4.69, 9.17) is 4.42 Å². The van der Waals surface area contributed by atoms with Crippen molar-refractivity contribution in [2.75, 3.05) is 11.9 Å². The smallest absolute Gasteiger partial charge is 0.139 e. The second kappa shape index (κ2) is 5.01. The molecular weight excluding hydrogens is 224 g/mol. The van der Waals surface area contributed by atoms with Crippen molar-refractivity contribution in [3.63, 3.8) is 0 Å². The summed E-state index contributed by atoms with van der Waals surface area (Å²) in [6.45, 7) is 3.40. The number of nitrogens with one attached hydrogen (secondary N) is 1. The highest BCUT2D eigenvalue weighted by molar-refractivity contribution is 5.87. The molecule has 0 saturated heterocycles. The molecule has 1 aliphatic rings. The zero-order valence-electron chi connectivity index (χ0n) is 10.9. The molecule has 3 nitrogen and oxygen atoms in total. The quantitative estimate of drug-likeness (QED) is 0.884. The van der Waals surface area contributed by atoms with Crippen LogP contribution in [-0.2, 0) is 0 Å². The van der Waals surface area contributed by atoms with Crippen molar-refractivity contribution in [3.05, 3.63) is 24.6 Å². The highest BCUT2D eigenvalue weighted by atomic mass is 16.3. The van der Waals surface area contributed by atoms with Gasteiger partial charge < -0.3 is 9.73 Å². The number of nitrogens with zero attached hydrogens (tertiary/aromatic N) is 1. The van der Waals surface area contributed by atoms with Gasteiger partial charge >= 0.3 is 0 Å². The first-order valence-electron chi connectivity index (χ1n) is 6.90. The Kier molecular flexibility index (Phi) is 3.22. The molecule has 2 heterocycles. The fraction of sp³-hybridized carbons (Fsp3) is 0.533. The largest absolute Gasteiger partial charge is 0.464 e. The van der Waals surface area contributed by atoms with Gasteiger partial charge in [-0.1, -0.05) is 26.2 Å². The Bertz CT molecular complexity index is 520. The van der Waals surface area contributed by atoms with Crippen LogP contribution in [0.1, 0.15) is 32.6 Å². The molecule has 1 N–H and O–H groups in total. The Morgan fingerprint density at radius 2 is 2.22 bits per heavy atom. The molecule has 3 rings (SSSR count). The first-order chi connectivity index (χ1) is 8.84. The van der Waals surface area contributed by atoms with E-state index in [2.05, 4.69) is 17.2 Å². The minimum Gasteiger partial charge on any atom is -0.464 e. The molecule has 2 aromatic heterocycles. The fourth-order valence-electron chi connectivity index (χ4n) is 2.96. The zero-order valence-corrected chi connectivity index (χ0v) is 10.9. The summed E-state index contributed by atoms with van der Waals surface area (Å²) in [6.07, 6.45) is 9.01. The van der Waals surface area contributed by atoms with E-state index in [1.807, 2.05) is 12.1 Å². The second-order valence-electron chi connectivity index (χ2n) is 5.39. The van der Waals surface area contributed by atoms with Gasteiger partial charge in [-0.15, -0.1) is 0 Å². The number of anilines is 1. The highest BCUT2D eigenvalue weighted by Crippen LogP contribution is 2.30. The van der Waals surface area contributed by atoms with Gasteiger partial charge in [-0.2, -0.15) is 0 Å². The Morgan fingerprint density at radius 3 is 3.11 bits per heavy atom. The van der Waals surface area contributed by atoms with E-state index in [1.165, 1.54) is 25.7 Å². The van der Waals surface area contributed by atoms with Gasteiger partial charge in [0, 0.05) is 12.7 Å². The number of furan rings is 1. The van der Waals surface area contributed by atoms with Crippen LogP contribution >= 0.6 is 0 Å². The number of fused-ring (bicyclic) bond motifs is 1. The summed E-state index contributed by atoms with van der Waals surface area (Å²) < 4.78 is 5.39. The van der Waals surface area contributed by atoms with Gasteiger partial charge in [0.15, 0.2) is 0 Å².